The molecule has 1 aliphatic rings. The molecule has 1 aliphatic heterocycles. The molecule has 26 heavy (non-hydrogen) atoms. The van der Waals surface area contributed by atoms with Gasteiger partial charge in [-0.2, -0.15) is 5.26 Å². The summed E-state index contributed by atoms with van der Waals surface area (Å²) in [6.07, 6.45) is 2.52. The highest BCUT2D eigenvalue weighted by Crippen LogP contribution is 2.21. The Labute approximate surface area is 153 Å². The van der Waals surface area contributed by atoms with Crippen LogP contribution in [0, 0.1) is 17.1 Å². The van der Waals surface area contributed by atoms with Crippen molar-refractivity contribution in [2.24, 2.45) is 0 Å². The van der Waals surface area contributed by atoms with E-state index in [-0.39, 0.29) is 5.82 Å². The number of nitriles is 1. The standard InChI is InChI=1S/C21H22FN3O/c1-26-19-8-6-17(7-9-19)14-18(15-23)16-24-10-12-25(13-11-24)21-5-3-2-4-20(21)22/h2-9,16H,10-14H2,1H3/b18-16+. The smallest absolute Gasteiger partial charge is 0.146 e. The summed E-state index contributed by atoms with van der Waals surface area (Å²) in [7, 11) is 1.64. The molecule has 1 saturated heterocycles. The van der Waals surface area contributed by atoms with Crippen LogP contribution in [0.4, 0.5) is 10.1 Å². The minimum Gasteiger partial charge on any atom is -0.497 e. The van der Waals surface area contributed by atoms with Crippen LogP contribution in [0.2, 0.25) is 0 Å². The largest absolute Gasteiger partial charge is 0.497 e. The fourth-order valence-electron chi connectivity index (χ4n) is 3.10. The first-order valence-corrected chi connectivity index (χ1v) is 8.67. The Kier molecular flexibility index (Phi) is 5.75. The van der Waals surface area contributed by atoms with Crippen LogP contribution in [0.15, 0.2) is 60.3 Å². The average Bonchev–Trinajstić information content (AvgIpc) is 2.69. The summed E-state index contributed by atoms with van der Waals surface area (Å²) in [6, 6.07) is 16.9. The second-order valence-electron chi connectivity index (χ2n) is 6.27. The van der Waals surface area contributed by atoms with Crippen LogP contribution in [0.1, 0.15) is 5.56 Å². The number of piperazine rings is 1. The molecule has 4 nitrogen and oxygen atoms in total. The number of methoxy groups -OCH3 is 1. The van der Waals surface area contributed by atoms with Crippen molar-refractivity contribution in [2.45, 2.75) is 6.42 Å². The molecule has 0 saturated carbocycles. The normalized spacial score (nSPS) is 14.9. The molecule has 0 amide bonds. The highest BCUT2D eigenvalue weighted by atomic mass is 19.1. The van der Waals surface area contributed by atoms with Crippen molar-refractivity contribution in [3.8, 4) is 11.8 Å². The van der Waals surface area contributed by atoms with Crippen molar-refractivity contribution in [3.63, 3.8) is 0 Å². The molecule has 2 aromatic carbocycles. The van der Waals surface area contributed by atoms with E-state index in [9.17, 15) is 9.65 Å². The van der Waals surface area contributed by atoms with Gasteiger partial charge in [-0.15, -0.1) is 0 Å². The van der Waals surface area contributed by atoms with Gasteiger partial charge in [0.05, 0.1) is 18.9 Å². The van der Waals surface area contributed by atoms with Crippen LogP contribution in [-0.2, 0) is 6.42 Å². The predicted octanol–water partition coefficient (Wildman–Crippen LogP) is 3.61. The molecule has 0 spiro atoms. The zero-order valence-electron chi connectivity index (χ0n) is 14.9. The Bertz CT molecular complexity index is 803. The third-order valence-corrected chi connectivity index (χ3v) is 4.54. The third-order valence-electron chi connectivity index (χ3n) is 4.54. The highest BCUT2D eigenvalue weighted by Gasteiger charge is 2.18. The van der Waals surface area contributed by atoms with Crippen molar-refractivity contribution in [1.29, 1.82) is 5.26 Å². The minimum absolute atomic E-state index is 0.186. The van der Waals surface area contributed by atoms with E-state index < -0.39 is 0 Å². The number of hydrogen-bond acceptors (Lipinski definition) is 4. The van der Waals surface area contributed by atoms with Crippen LogP contribution in [0.3, 0.4) is 0 Å². The van der Waals surface area contributed by atoms with E-state index in [4.69, 9.17) is 4.74 Å². The summed E-state index contributed by atoms with van der Waals surface area (Å²) < 4.78 is 19.1. The summed E-state index contributed by atoms with van der Waals surface area (Å²) in [4.78, 5) is 4.19. The topological polar surface area (TPSA) is 39.5 Å². The van der Waals surface area contributed by atoms with Crippen LogP contribution >= 0.6 is 0 Å². The van der Waals surface area contributed by atoms with E-state index in [0.717, 1.165) is 43.1 Å². The second-order valence-corrected chi connectivity index (χ2v) is 6.27. The first-order chi connectivity index (χ1) is 12.7. The molecule has 0 bridgehead atoms. The summed E-state index contributed by atoms with van der Waals surface area (Å²) in [5.41, 5.74) is 2.44. The zero-order valence-corrected chi connectivity index (χ0v) is 14.9. The fourth-order valence-corrected chi connectivity index (χ4v) is 3.10. The number of hydrogen-bond donors (Lipinski definition) is 0. The maximum absolute atomic E-state index is 13.9. The lowest BCUT2D eigenvalue weighted by atomic mass is 10.1. The van der Waals surface area contributed by atoms with Gasteiger partial charge in [-0.3, -0.25) is 0 Å². The van der Waals surface area contributed by atoms with E-state index in [1.54, 1.807) is 13.2 Å². The first-order valence-electron chi connectivity index (χ1n) is 8.67. The molecule has 0 unspecified atom stereocenters. The number of allylic oxidation sites excluding steroid dienone is 1. The molecule has 3 rings (SSSR count). The number of nitrogens with zero attached hydrogens (tertiary/aromatic N) is 3. The number of halogens is 1. The van der Waals surface area contributed by atoms with Crippen molar-refractivity contribution < 1.29 is 9.13 Å². The van der Waals surface area contributed by atoms with Gasteiger partial charge in [-0.25, -0.2) is 4.39 Å². The van der Waals surface area contributed by atoms with Gasteiger partial charge in [0.15, 0.2) is 0 Å². The Morgan fingerprint density at radius 3 is 2.42 bits per heavy atom. The molecular formula is C21H22FN3O. The summed E-state index contributed by atoms with van der Waals surface area (Å²) in [6.45, 7) is 3.00. The minimum atomic E-state index is -0.186. The Morgan fingerprint density at radius 2 is 1.81 bits per heavy atom. The van der Waals surface area contributed by atoms with E-state index in [2.05, 4.69) is 15.9 Å². The molecular weight excluding hydrogens is 329 g/mol. The molecule has 0 N–H and O–H groups in total. The summed E-state index contributed by atoms with van der Waals surface area (Å²) in [5.74, 6) is 0.620. The number of rotatable bonds is 5. The molecule has 0 atom stereocenters. The van der Waals surface area contributed by atoms with Crippen molar-refractivity contribution in [3.05, 3.63) is 71.7 Å². The van der Waals surface area contributed by atoms with Crippen LogP contribution in [-0.4, -0.2) is 38.2 Å². The molecule has 0 radical (unpaired) electrons. The van der Waals surface area contributed by atoms with Crippen molar-refractivity contribution in [1.82, 2.24) is 4.90 Å². The number of anilines is 1. The van der Waals surface area contributed by atoms with Crippen molar-refractivity contribution >= 4 is 5.69 Å². The number of benzene rings is 2. The monoisotopic (exact) mass is 351 g/mol. The molecule has 134 valence electrons. The molecule has 0 aliphatic carbocycles. The van der Waals surface area contributed by atoms with Gasteiger partial charge in [-0.1, -0.05) is 24.3 Å². The van der Waals surface area contributed by atoms with Gasteiger partial charge >= 0.3 is 0 Å². The van der Waals surface area contributed by atoms with Crippen LogP contribution in [0.5, 0.6) is 5.75 Å². The van der Waals surface area contributed by atoms with Gasteiger partial charge in [0.25, 0.3) is 0 Å². The average molecular weight is 351 g/mol. The number of para-hydroxylation sites is 1. The lowest BCUT2D eigenvalue weighted by molar-refractivity contribution is 0.345. The maximum Gasteiger partial charge on any atom is 0.146 e. The molecule has 5 heteroatoms. The number of ether oxygens (including phenoxy) is 1. The maximum atomic E-state index is 13.9. The lowest BCUT2D eigenvalue weighted by Crippen LogP contribution is -2.44. The van der Waals surface area contributed by atoms with E-state index >= 15 is 0 Å². The van der Waals surface area contributed by atoms with Gasteiger partial charge in [0.2, 0.25) is 0 Å². The van der Waals surface area contributed by atoms with Crippen molar-refractivity contribution in [2.75, 3.05) is 38.2 Å². The van der Waals surface area contributed by atoms with E-state index in [1.165, 1.54) is 6.07 Å². The summed E-state index contributed by atoms with van der Waals surface area (Å²) >= 11 is 0. The molecule has 1 fully saturated rings. The quantitative estimate of drug-likeness (QED) is 0.772. The van der Waals surface area contributed by atoms with E-state index in [0.29, 0.717) is 12.1 Å². The molecule has 2 aromatic rings. The third kappa shape index (κ3) is 4.34. The van der Waals surface area contributed by atoms with Gasteiger partial charge in [-0.05, 0) is 29.8 Å². The van der Waals surface area contributed by atoms with Gasteiger partial charge in [0, 0.05) is 44.4 Å². The Hall–Kier alpha value is -3.00. The molecule has 0 aromatic heterocycles. The Morgan fingerprint density at radius 1 is 1.12 bits per heavy atom. The van der Waals surface area contributed by atoms with E-state index in [1.807, 2.05) is 42.6 Å². The molecule has 1 heterocycles. The van der Waals surface area contributed by atoms with Crippen LogP contribution < -0.4 is 9.64 Å². The van der Waals surface area contributed by atoms with Crippen LogP contribution in [0.25, 0.3) is 0 Å². The first kappa shape index (κ1) is 17.8. The Balaban J connectivity index is 1.60. The fraction of sp³-hybridized carbons (Fsp3) is 0.286. The lowest BCUT2D eigenvalue weighted by Gasteiger charge is -2.35. The van der Waals surface area contributed by atoms with Gasteiger partial charge < -0.3 is 14.5 Å². The predicted molar refractivity (Wildman–Crippen MR) is 101 cm³/mol. The zero-order chi connectivity index (χ0) is 18.4. The SMILES string of the molecule is COc1ccc(C/C(C#N)=C\N2CCN(c3ccccc3F)CC2)cc1. The summed E-state index contributed by atoms with van der Waals surface area (Å²) in [5, 5.41) is 9.46. The second kappa shape index (κ2) is 8.39. The van der Waals surface area contributed by atoms with Gasteiger partial charge in [0.1, 0.15) is 11.6 Å². The highest BCUT2D eigenvalue weighted by molar-refractivity contribution is 5.48.